The zero-order chi connectivity index (χ0) is 10.4. The average molecular weight is 195 g/mol. The summed E-state index contributed by atoms with van der Waals surface area (Å²) in [4.78, 5) is 0. The Morgan fingerprint density at radius 1 is 1.21 bits per heavy atom. The second kappa shape index (κ2) is 5.50. The Balaban J connectivity index is 0.000000293. The minimum absolute atomic E-state index is 0.323. The Labute approximate surface area is 84.8 Å². The number of benzene rings is 1. The van der Waals surface area contributed by atoms with E-state index in [1.807, 2.05) is 18.2 Å². The molecule has 2 N–H and O–H groups in total. The van der Waals surface area contributed by atoms with Gasteiger partial charge < -0.3 is 15.2 Å². The monoisotopic (exact) mass is 195 g/mol. The summed E-state index contributed by atoms with van der Waals surface area (Å²) in [5.74, 6) is 1.61. The molecule has 0 atom stereocenters. The summed E-state index contributed by atoms with van der Waals surface area (Å²) >= 11 is 0. The second-order valence-corrected chi connectivity index (χ2v) is 3.10. The molecule has 0 radical (unpaired) electrons. The molecule has 1 aromatic rings. The molecule has 0 saturated heterocycles. The molecule has 3 nitrogen and oxygen atoms in total. The van der Waals surface area contributed by atoms with Crippen LogP contribution in [0.25, 0.3) is 0 Å². The molecule has 1 aliphatic rings. The van der Waals surface area contributed by atoms with E-state index in [-0.39, 0.29) is 0 Å². The van der Waals surface area contributed by atoms with E-state index < -0.39 is 0 Å². The summed E-state index contributed by atoms with van der Waals surface area (Å²) < 4.78 is 10.3. The van der Waals surface area contributed by atoms with Crippen LogP contribution in [0.5, 0.6) is 11.5 Å². The molecule has 0 amide bonds. The van der Waals surface area contributed by atoms with Gasteiger partial charge in [0.2, 0.25) is 6.79 Å². The Kier molecular flexibility index (Phi) is 4.26. The highest BCUT2D eigenvalue weighted by atomic mass is 16.7. The van der Waals surface area contributed by atoms with Crippen molar-refractivity contribution in [3.8, 4) is 11.5 Å². The van der Waals surface area contributed by atoms with Gasteiger partial charge in [-0.25, -0.2) is 0 Å². The summed E-state index contributed by atoms with van der Waals surface area (Å²) in [7, 11) is 0. The smallest absolute Gasteiger partial charge is 0.231 e. The summed E-state index contributed by atoms with van der Waals surface area (Å²) in [6.07, 6.45) is 1.25. The molecule has 78 valence electrons. The molecule has 0 aromatic heterocycles. The highest BCUT2D eigenvalue weighted by Crippen LogP contribution is 2.32. The standard InChI is InChI=1S/C8H9NO2.C3H8/c9-4-6-1-2-7-8(3-6)11-5-10-7;1-3-2/h1-3H,4-5,9H2;3H2,1-2H3. The van der Waals surface area contributed by atoms with E-state index in [4.69, 9.17) is 15.2 Å². The van der Waals surface area contributed by atoms with Gasteiger partial charge in [-0.15, -0.1) is 0 Å². The maximum Gasteiger partial charge on any atom is 0.231 e. The van der Waals surface area contributed by atoms with Crippen molar-refractivity contribution in [3.63, 3.8) is 0 Å². The van der Waals surface area contributed by atoms with Crippen molar-refractivity contribution in [1.82, 2.24) is 0 Å². The molecule has 0 fully saturated rings. The van der Waals surface area contributed by atoms with Gasteiger partial charge >= 0.3 is 0 Å². The van der Waals surface area contributed by atoms with Gasteiger partial charge in [0, 0.05) is 6.54 Å². The number of fused-ring (bicyclic) bond motifs is 1. The molecule has 2 rings (SSSR count). The lowest BCUT2D eigenvalue weighted by Crippen LogP contribution is -1.95. The fourth-order valence-corrected chi connectivity index (χ4v) is 1.07. The van der Waals surface area contributed by atoms with Crippen molar-refractivity contribution in [2.75, 3.05) is 6.79 Å². The minimum Gasteiger partial charge on any atom is -0.454 e. The van der Waals surface area contributed by atoms with Crippen LogP contribution in [0.1, 0.15) is 25.8 Å². The summed E-state index contributed by atoms with van der Waals surface area (Å²) in [5.41, 5.74) is 6.51. The Morgan fingerprint density at radius 3 is 2.50 bits per heavy atom. The van der Waals surface area contributed by atoms with E-state index in [0.29, 0.717) is 13.3 Å². The first-order chi connectivity index (χ1) is 6.81. The first kappa shape index (κ1) is 10.9. The molecule has 0 aliphatic carbocycles. The average Bonchev–Trinajstić information content (AvgIpc) is 2.65. The van der Waals surface area contributed by atoms with E-state index in [0.717, 1.165) is 17.1 Å². The van der Waals surface area contributed by atoms with Gasteiger partial charge in [-0.05, 0) is 17.7 Å². The molecule has 0 spiro atoms. The quantitative estimate of drug-likeness (QED) is 0.747. The zero-order valence-electron chi connectivity index (χ0n) is 8.75. The maximum atomic E-state index is 5.45. The largest absolute Gasteiger partial charge is 0.454 e. The topological polar surface area (TPSA) is 44.5 Å². The van der Waals surface area contributed by atoms with Crippen molar-refractivity contribution in [3.05, 3.63) is 23.8 Å². The fraction of sp³-hybridized carbons (Fsp3) is 0.455. The van der Waals surface area contributed by atoms with E-state index >= 15 is 0 Å². The summed E-state index contributed by atoms with van der Waals surface area (Å²) in [5, 5.41) is 0. The van der Waals surface area contributed by atoms with Crippen LogP contribution in [0, 0.1) is 0 Å². The third kappa shape index (κ3) is 2.64. The lowest BCUT2D eigenvalue weighted by atomic mass is 10.2. The normalized spacial score (nSPS) is 11.9. The van der Waals surface area contributed by atoms with Crippen LogP contribution in [0.15, 0.2) is 18.2 Å². The van der Waals surface area contributed by atoms with Crippen molar-refractivity contribution < 1.29 is 9.47 Å². The summed E-state index contributed by atoms with van der Waals surface area (Å²) in [6, 6.07) is 5.72. The minimum atomic E-state index is 0.323. The number of hydrogen-bond acceptors (Lipinski definition) is 3. The second-order valence-electron chi connectivity index (χ2n) is 3.10. The summed E-state index contributed by atoms with van der Waals surface area (Å²) in [6.45, 7) is 5.11. The maximum absolute atomic E-state index is 5.45. The van der Waals surface area contributed by atoms with Gasteiger partial charge in [-0.3, -0.25) is 0 Å². The van der Waals surface area contributed by atoms with E-state index in [9.17, 15) is 0 Å². The van der Waals surface area contributed by atoms with E-state index in [1.165, 1.54) is 6.42 Å². The van der Waals surface area contributed by atoms with Crippen molar-refractivity contribution in [2.24, 2.45) is 5.73 Å². The Bertz CT molecular complexity index is 287. The fourth-order valence-electron chi connectivity index (χ4n) is 1.07. The number of hydrogen-bond donors (Lipinski definition) is 1. The molecule has 14 heavy (non-hydrogen) atoms. The van der Waals surface area contributed by atoms with Gasteiger partial charge in [-0.1, -0.05) is 26.3 Å². The first-order valence-electron chi connectivity index (χ1n) is 4.90. The van der Waals surface area contributed by atoms with Crippen molar-refractivity contribution >= 4 is 0 Å². The highest BCUT2D eigenvalue weighted by molar-refractivity contribution is 5.44. The molecule has 0 saturated carbocycles. The van der Waals surface area contributed by atoms with Crippen molar-refractivity contribution in [1.29, 1.82) is 0 Å². The molecule has 0 bridgehead atoms. The van der Waals surface area contributed by atoms with Crippen LogP contribution >= 0.6 is 0 Å². The van der Waals surface area contributed by atoms with E-state index in [1.54, 1.807) is 0 Å². The zero-order valence-corrected chi connectivity index (χ0v) is 8.75. The third-order valence-corrected chi connectivity index (χ3v) is 1.67. The molecule has 1 aromatic carbocycles. The van der Waals surface area contributed by atoms with Crippen LogP contribution in [0.4, 0.5) is 0 Å². The van der Waals surface area contributed by atoms with Crippen LogP contribution in [-0.2, 0) is 6.54 Å². The van der Waals surface area contributed by atoms with Gasteiger partial charge in [0.15, 0.2) is 11.5 Å². The molecule has 0 unspecified atom stereocenters. The first-order valence-corrected chi connectivity index (χ1v) is 4.90. The molecule has 3 heteroatoms. The van der Waals surface area contributed by atoms with Gasteiger partial charge in [0.05, 0.1) is 0 Å². The molecule has 1 aliphatic heterocycles. The predicted octanol–water partition coefficient (Wildman–Crippen LogP) is 2.29. The third-order valence-electron chi connectivity index (χ3n) is 1.67. The number of nitrogens with two attached hydrogens (primary N) is 1. The SMILES string of the molecule is CCC.NCc1ccc2c(c1)OCO2. The molecule has 1 heterocycles. The van der Waals surface area contributed by atoms with Crippen LogP contribution in [0.3, 0.4) is 0 Å². The van der Waals surface area contributed by atoms with E-state index in [2.05, 4.69) is 13.8 Å². The number of rotatable bonds is 1. The number of ether oxygens (including phenoxy) is 2. The van der Waals surface area contributed by atoms with Gasteiger partial charge in [0.1, 0.15) is 0 Å². The van der Waals surface area contributed by atoms with Crippen LogP contribution in [-0.4, -0.2) is 6.79 Å². The van der Waals surface area contributed by atoms with Crippen LogP contribution in [0.2, 0.25) is 0 Å². The van der Waals surface area contributed by atoms with Crippen LogP contribution < -0.4 is 15.2 Å². The Morgan fingerprint density at radius 2 is 1.86 bits per heavy atom. The predicted molar refractivity (Wildman–Crippen MR) is 56.4 cm³/mol. The van der Waals surface area contributed by atoms with Crippen molar-refractivity contribution in [2.45, 2.75) is 26.8 Å². The lowest BCUT2D eigenvalue weighted by Gasteiger charge is -1.97. The molecular formula is C11H17NO2. The van der Waals surface area contributed by atoms with Gasteiger partial charge in [0.25, 0.3) is 0 Å². The lowest BCUT2D eigenvalue weighted by molar-refractivity contribution is 0.174. The molecular weight excluding hydrogens is 178 g/mol. The van der Waals surface area contributed by atoms with Gasteiger partial charge in [-0.2, -0.15) is 0 Å². The Hall–Kier alpha value is -1.22. The highest BCUT2D eigenvalue weighted by Gasteiger charge is 2.11.